The van der Waals surface area contributed by atoms with Gasteiger partial charge in [-0.05, 0) is 27.7 Å². The van der Waals surface area contributed by atoms with Crippen molar-refractivity contribution in [3.63, 3.8) is 0 Å². The van der Waals surface area contributed by atoms with Crippen LogP contribution in [-0.4, -0.2) is 12.6 Å². The van der Waals surface area contributed by atoms with Crippen molar-refractivity contribution in [1.29, 1.82) is 0 Å². The quantitative estimate of drug-likeness (QED) is 0.268. The molecule has 0 atom stereocenters. The molecular formula is C8H17N3. The van der Waals surface area contributed by atoms with Crippen molar-refractivity contribution in [2.45, 2.75) is 27.7 Å². The van der Waals surface area contributed by atoms with Crippen molar-refractivity contribution >= 4 is 6.01 Å². The van der Waals surface area contributed by atoms with Crippen LogP contribution in [-0.2, 0) is 0 Å². The Labute approximate surface area is 68.7 Å². The van der Waals surface area contributed by atoms with Gasteiger partial charge in [0.15, 0.2) is 0 Å². The molecule has 0 unspecified atom stereocenters. The van der Waals surface area contributed by atoms with Crippen molar-refractivity contribution in [3.8, 4) is 0 Å². The second-order valence-electron chi connectivity index (χ2n) is 2.07. The fourth-order valence-electron chi connectivity index (χ4n) is 0.112. The normalized spacial score (nSPS) is 6.55. The predicted molar refractivity (Wildman–Crippen MR) is 49.7 cm³/mol. The van der Waals surface area contributed by atoms with E-state index in [1.807, 2.05) is 13.8 Å². The molecule has 0 saturated carbocycles. The van der Waals surface area contributed by atoms with Crippen molar-refractivity contribution < 1.29 is 0 Å². The lowest BCUT2D eigenvalue weighted by molar-refractivity contribution is 1.13. The predicted octanol–water partition coefficient (Wildman–Crippen LogP) is 2.03. The Morgan fingerprint density at radius 1 is 1.55 bits per heavy atom. The third-order valence-corrected chi connectivity index (χ3v) is 0.864. The van der Waals surface area contributed by atoms with E-state index in [0.717, 1.165) is 0 Å². The van der Waals surface area contributed by atoms with Gasteiger partial charge in [0.2, 0.25) is 0 Å². The molecule has 0 aliphatic carbocycles. The van der Waals surface area contributed by atoms with E-state index in [4.69, 9.17) is 0 Å². The Morgan fingerprint density at radius 3 is 2.09 bits per heavy atom. The number of aliphatic imine (C=N–C) groups is 1. The molecule has 0 radical (unpaired) electrons. The van der Waals surface area contributed by atoms with E-state index in [9.17, 15) is 0 Å². The highest BCUT2D eigenvalue weighted by Crippen LogP contribution is 1.82. The lowest BCUT2D eigenvalue weighted by Gasteiger charge is -1.74. The van der Waals surface area contributed by atoms with Gasteiger partial charge in [0.25, 0.3) is 0 Å². The van der Waals surface area contributed by atoms with E-state index in [1.54, 1.807) is 0 Å². The number of nitrogens with zero attached hydrogens (tertiary/aromatic N) is 2. The highest BCUT2D eigenvalue weighted by molar-refractivity contribution is 5.39. The van der Waals surface area contributed by atoms with E-state index >= 15 is 0 Å². The maximum atomic E-state index is 4.63. The highest BCUT2D eigenvalue weighted by Gasteiger charge is 1.60. The average Bonchev–Trinajstić information content (AvgIpc) is 2.02. The van der Waals surface area contributed by atoms with Gasteiger partial charge in [0.1, 0.15) is 6.01 Å². The summed E-state index contributed by atoms with van der Waals surface area (Å²) in [5.74, 6) is 4.63. The molecule has 0 aromatic carbocycles. The summed E-state index contributed by atoms with van der Waals surface area (Å²) in [4.78, 5) is 3.55. The zero-order valence-corrected chi connectivity index (χ0v) is 7.76. The minimum absolute atomic E-state index is 0.695. The molecule has 0 aromatic rings. The zero-order chi connectivity index (χ0) is 9.11. The molecule has 0 fully saturated rings. The van der Waals surface area contributed by atoms with Crippen LogP contribution in [0.5, 0.6) is 0 Å². The van der Waals surface area contributed by atoms with E-state index < -0.39 is 0 Å². The van der Waals surface area contributed by atoms with E-state index in [0.29, 0.717) is 6.54 Å². The van der Waals surface area contributed by atoms with Gasteiger partial charge in [-0.2, -0.15) is 0 Å². The first kappa shape index (κ1) is 12.6. The molecule has 64 valence electrons. The van der Waals surface area contributed by atoms with Gasteiger partial charge < -0.3 is 5.84 Å². The van der Waals surface area contributed by atoms with Crippen molar-refractivity contribution in [1.82, 2.24) is 0 Å². The molecule has 11 heavy (non-hydrogen) atoms. The molecule has 0 heterocycles. The Kier molecular flexibility index (Phi) is 13.4. The molecule has 3 heteroatoms. The van der Waals surface area contributed by atoms with Crippen LogP contribution in [0.1, 0.15) is 27.7 Å². The van der Waals surface area contributed by atoms with Crippen LogP contribution in [0.15, 0.2) is 21.7 Å². The Morgan fingerprint density at radius 2 is 2.00 bits per heavy atom. The summed E-state index contributed by atoms with van der Waals surface area (Å²) in [6, 6.07) is 2.23. The van der Waals surface area contributed by atoms with Crippen LogP contribution in [0.3, 0.4) is 0 Å². The molecular weight excluding hydrogens is 138 g/mol. The van der Waals surface area contributed by atoms with Gasteiger partial charge in [-0.3, -0.25) is 0 Å². The number of hydrogen-bond donors (Lipinski definition) is 1. The molecule has 3 nitrogen and oxygen atoms in total. The van der Waals surface area contributed by atoms with Gasteiger partial charge in [0, 0.05) is 6.54 Å². The largest absolute Gasteiger partial charge is 0.314 e. The minimum Gasteiger partial charge on any atom is -0.314 e. The average molecular weight is 155 g/mol. The monoisotopic (exact) mass is 155 g/mol. The lowest BCUT2D eigenvalue weighted by atomic mass is 10.3. The number of nitrogens with two attached hydrogens (primary N) is 1. The van der Waals surface area contributed by atoms with Gasteiger partial charge in [-0.15, -0.1) is 5.10 Å². The lowest BCUT2D eigenvalue weighted by Crippen LogP contribution is -1.74. The fourth-order valence-corrected chi connectivity index (χ4v) is 0.112. The van der Waals surface area contributed by atoms with Crippen LogP contribution in [0.2, 0.25) is 0 Å². The topological polar surface area (TPSA) is 50.7 Å². The number of allylic oxidation sites excluding steroid dienone is 2. The zero-order valence-electron chi connectivity index (χ0n) is 7.76. The molecule has 0 amide bonds. The molecule has 0 aliphatic heterocycles. The molecule has 2 N–H and O–H groups in total. The van der Waals surface area contributed by atoms with Crippen LogP contribution in [0.4, 0.5) is 0 Å². The van der Waals surface area contributed by atoms with Gasteiger partial charge in [0.05, 0.1) is 0 Å². The molecule has 0 aromatic heterocycles. The fraction of sp³-hybridized carbons (Fsp3) is 0.625. The van der Waals surface area contributed by atoms with E-state index in [2.05, 4.69) is 41.9 Å². The third kappa shape index (κ3) is 27.8. The molecule has 0 rings (SSSR count). The summed E-state index contributed by atoms with van der Waals surface area (Å²) in [6.07, 6.45) is 2.08. The summed E-state index contributed by atoms with van der Waals surface area (Å²) in [5.41, 5.74) is 1.38. The summed E-state index contributed by atoms with van der Waals surface area (Å²) < 4.78 is 0. The van der Waals surface area contributed by atoms with Crippen molar-refractivity contribution in [3.05, 3.63) is 11.6 Å². The first-order chi connectivity index (χ1) is 5.18. The van der Waals surface area contributed by atoms with Crippen LogP contribution in [0, 0.1) is 0 Å². The SMILES string of the molecule is CC=C(C)C.CCN=C=NN. The van der Waals surface area contributed by atoms with Crippen molar-refractivity contribution in [2.24, 2.45) is 15.9 Å². The van der Waals surface area contributed by atoms with Crippen LogP contribution in [0.25, 0.3) is 0 Å². The Hall–Kier alpha value is -1.08. The smallest absolute Gasteiger partial charge is 0.114 e. The summed E-state index contributed by atoms with van der Waals surface area (Å²) in [7, 11) is 0. The number of hydrazone groups is 1. The third-order valence-electron chi connectivity index (χ3n) is 0.864. The molecule has 0 bridgehead atoms. The minimum atomic E-state index is 0.695. The number of hydrogen-bond acceptors (Lipinski definition) is 3. The summed E-state index contributed by atoms with van der Waals surface area (Å²) >= 11 is 0. The number of rotatable bonds is 1. The van der Waals surface area contributed by atoms with Crippen LogP contribution < -0.4 is 5.84 Å². The molecule has 0 spiro atoms. The standard InChI is InChI=1S/C5H10.C3H7N3/c1-4-5(2)3;1-2-5-3-6-4/h4H,1-3H3;2,4H2,1H3. The van der Waals surface area contributed by atoms with Gasteiger partial charge >= 0.3 is 0 Å². The second-order valence-corrected chi connectivity index (χ2v) is 2.07. The van der Waals surface area contributed by atoms with E-state index in [-0.39, 0.29) is 0 Å². The van der Waals surface area contributed by atoms with E-state index in [1.165, 1.54) is 5.57 Å². The Balaban J connectivity index is 0. The van der Waals surface area contributed by atoms with Crippen LogP contribution >= 0.6 is 0 Å². The molecule has 0 aliphatic rings. The molecule has 0 saturated heterocycles. The van der Waals surface area contributed by atoms with Crippen molar-refractivity contribution in [2.75, 3.05) is 6.54 Å². The van der Waals surface area contributed by atoms with Gasteiger partial charge in [-0.1, -0.05) is 11.6 Å². The van der Waals surface area contributed by atoms with Gasteiger partial charge in [-0.25, -0.2) is 4.99 Å². The first-order valence-corrected chi connectivity index (χ1v) is 3.59. The summed E-state index contributed by atoms with van der Waals surface area (Å²) in [6.45, 7) is 8.79. The maximum Gasteiger partial charge on any atom is 0.114 e. The second kappa shape index (κ2) is 11.7. The first-order valence-electron chi connectivity index (χ1n) is 3.59. The summed E-state index contributed by atoms with van der Waals surface area (Å²) in [5, 5.41) is 3.01. The highest BCUT2D eigenvalue weighted by atomic mass is 15.1. The Bertz CT molecular complexity index is 149. The maximum absolute atomic E-state index is 4.63.